The highest BCUT2D eigenvalue weighted by atomic mass is 35.5. The van der Waals surface area contributed by atoms with Crippen LogP contribution in [0.4, 0.5) is 10.1 Å². The summed E-state index contributed by atoms with van der Waals surface area (Å²) in [5.41, 5.74) is 10.4. The zero-order chi connectivity index (χ0) is 11.4. The molecule has 0 aromatic heterocycles. The second-order valence-corrected chi connectivity index (χ2v) is 3.21. The number of halogens is 2. The van der Waals surface area contributed by atoms with E-state index in [9.17, 15) is 9.18 Å². The van der Waals surface area contributed by atoms with Crippen molar-refractivity contribution in [2.45, 2.75) is 6.42 Å². The Balaban J connectivity index is 2.98. The van der Waals surface area contributed by atoms with Gasteiger partial charge in [-0.15, -0.1) is 0 Å². The normalized spacial score (nSPS) is 9.20. The van der Waals surface area contributed by atoms with Crippen LogP contribution in [0.5, 0.6) is 0 Å². The minimum Gasteiger partial charge on any atom is -0.396 e. The molecule has 0 aliphatic carbocycles. The van der Waals surface area contributed by atoms with Gasteiger partial charge < -0.3 is 11.5 Å². The van der Waals surface area contributed by atoms with Gasteiger partial charge in [0.1, 0.15) is 5.82 Å². The molecule has 1 aromatic rings. The summed E-state index contributed by atoms with van der Waals surface area (Å²) in [5, 5.41) is 0.242. The quantitative estimate of drug-likeness (QED) is 0.560. The van der Waals surface area contributed by atoms with E-state index >= 15 is 0 Å². The van der Waals surface area contributed by atoms with Crippen molar-refractivity contribution in [3.8, 4) is 11.8 Å². The van der Waals surface area contributed by atoms with Gasteiger partial charge in [0, 0.05) is 5.56 Å². The molecule has 0 heterocycles. The molecule has 15 heavy (non-hydrogen) atoms. The lowest BCUT2D eigenvalue weighted by molar-refractivity contribution is -0.117. The molecule has 0 saturated carbocycles. The first kappa shape index (κ1) is 11.3. The number of hydrogen-bond acceptors (Lipinski definition) is 2. The highest BCUT2D eigenvalue weighted by molar-refractivity contribution is 6.32. The molecular weight excluding hydrogens is 219 g/mol. The van der Waals surface area contributed by atoms with Gasteiger partial charge in [-0.1, -0.05) is 23.4 Å². The molecular formula is C10H8ClFN2O. The summed E-state index contributed by atoms with van der Waals surface area (Å²) in [6.07, 6.45) is -0.0949. The number of carbonyl (C=O) groups excluding carboxylic acids is 1. The van der Waals surface area contributed by atoms with Crippen molar-refractivity contribution >= 4 is 23.2 Å². The number of anilines is 1. The van der Waals surface area contributed by atoms with Gasteiger partial charge in [-0.3, -0.25) is 4.79 Å². The molecule has 0 spiro atoms. The fourth-order valence-corrected chi connectivity index (χ4v) is 1.10. The number of primary amides is 1. The smallest absolute Gasteiger partial charge is 0.229 e. The number of benzene rings is 1. The van der Waals surface area contributed by atoms with Gasteiger partial charge in [0.05, 0.1) is 17.1 Å². The van der Waals surface area contributed by atoms with Crippen LogP contribution < -0.4 is 11.5 Å². The topological polar surface area (TPSA) is 69.1 Å². The Labute approximate surface area is 91.2 Å². The van der Waals surface area contributed by atoms with Crippen molar-refractivity contribution in [2.75, 3.05) is 5.73 Å². The third-order valence-corrected chi connectivity index (χ3v) is 1.88. The fraction of sp³-hybridized carbons (Fsp3) is 0.100. The number of nitrogens with two attached hydrogens (primary N) is 2. The summed E-state index contributed by atoms with van der Waals surface area (Å²) < 4.78 is 13.0. The Morgan fingerprint density at radius 3 is 2.80 bits per heavy atom. The van der Waals surface area contributed by atoms with Crippen molar-refractivity contribution in [3.05, 3.63) is 28.5 Å². The molecule has 4 N–H and O–H groups in total. The van der Waals surface area contributed by atoms with Gasteiger partial charge in [0.15, 0.2) is 0 Å². The van der Waals surface area contributed by atoms with Gasteiger partial charge in [-0.05, 0) is 12.1 Å². The van der Waals surface area contributed by atoms with Crippen molar-refractivity contribution in [2.24, 2.45) is 5.73 Å². The lowest BCUT2D eigenvalue weighted by atomic mass is 10.2. The largest absolute Gasteiger partial charge is 0.396 e. The molecule has 0 unspecified atom stereocenters. The molecule has 1 rings (SSSR count). The van der Waals surface area contributed by atoms with E-state index in [4.69, 9.17) is 23.1 Å². The van der Waals surface area contributed by atoms with Crippen LogP contribution in [0.3, 0.4) is 0 Å². The van der Waals surface area contributed by atoms with E-state index in [0.717, 1.165) is 6.07 Å². The summed E-state index contributed by atoms with van der Waals surface area (Å²) in [6, 6.07) is 2.39. The number of nitrogen functional groups attached to an aromatic ring is 1. The lowest BCUT2D eigenvalue weighted by Crippen LogP contribution is -2.08. The average Bonchev–Trinajstić information content (AvgIpc) is 2.13. The van der Waals surface area contributed by atoms with Crippen LogP contribution in [-0.2, 0) is 4.79 Å². The minimum absolute atomic E-state index is 0.0412. The second kappa shape index (κ2) is 4.67. The molecule has 0 aliphatic rings. The highest BCUT2D eigenvalue weighted by Gasteiger charge is 2.03. The Bertz CT molecular complexity index is 462. The first-order valence-corrected chi connectivity index (χ1v) is 4.40. The lowest BCUT2D eigenvalue weighted by Gasteiger charge is -1.99. The predicted molar refractivity (Wildman–Crippen MR) is 56.5 cm³/mol. The summed E-state index contributed by atoms with van der Waals surface area (Å²) in [6.45, 7) is 0. The minimum atomic E-state index is -0.595. The summed E-state index contributed by atoms with van der Waals surface area (Å²) in [5.74, 6) is 3.86. The zero-order valence-corrected chi connectivity index (χ0v) is 8.44. The molecule has 0 atom stereocenters. The molecule has 3 nitrogen and oxygen atoms in total. The van der Waals surface area contributed by atoms with Crippen LogP contribution in [0, 0.1) is 17.7 Å². The van der Waals surface area contributed by atoms with Gasteiger partial charge in [0.25, 0.3) is 0 Å². The summed E-state index contributed by atoms with van der Waals surface area (Å²) >= 11 is 5.75. The fourth-order valence-electron chi connectivity index (χ4n) is 0.885. The molecule has 78 valence electrons. The van der Waals surface area contributed by atoms with Gasteiger partial charge in [-0.2, -0.15) is 0 Å². The van der Waals surface area contributed by atoms with Gasteiger partial charge in [-0.25, -0.2) is 4.39 Å². The monoisotopic (exact) mass is 226 g/mol. The first-order chi connectivity index (χ1) is 7.00. The molecule has 1 aromatic carbocycles. The number of amides is 1. The molecule has 1 amide bonds. The van der Waals surface area contributed by atoms with Crippen molar-refractivity contribution in [3.63, 3.8) is 0 Å². The molecule has 0 aliphatic heterocycles. The van der Waals surface area contributed by atoms with E-state index in [0.29, 0.717) is 0 Å². The maximum absolute atomic E-state index is 13.0. The van der Waals surface area contributed by atoms with Crippen LogP contribution in [0.1, 0.15) is 12.0 Å². The van der Waals surface area contributed by atoms with Crippen LogP contribution in [0.15, 0.2) is 12.1 Å². The van der Waals surface area contributed by atoms with E-state index in [1.165, 1.54) is 6.07 Å². The van der Waals surface area contributed by atoms with E-state index in [2.05, 4.69) is 11.8 Å². The highest BCUT2D eigenvalue weighted by Crippen LogP contribution is 2.21. The van der Waals surface area contributed by atoms with Gasteiger partial charge >= 0.3 is 0 Å². The van der Waals surface area contributed by atoms with Crippen molar-refractivity contribution in [1.82, 2.24) is 0 Å². The Kier molecular flexibility index (Phi) is 3.53. The average molecular weight is 227 g/mol. The van der Waals surface area contributed by atoms with Crippen LogP contribution >= 0.6 is 11.6 Å². The SMILES string of the molecule is NC(=O)CC#Cc1cc(F)c(N)cc1Cl. The summed E-state index contributed by atoms with van der Waals surface area (Å²) in [7, 11) is 0. The van der Waals surface area contributed by atoms with E-state index in [1.807, 2.05) is 0 Å². The number of carbonyl (C=O) groups is 1. The zero-order valence-electron chi connectivity index (χ0n) is 7.68. The first-order valence-electron chi connectivity index (χ1n) is 4.02. The maximum atomic E-state index is 13.0. The molecule has 5 heteroatoms. The standard InChI is InChI=1S/C10H8ClFN2O/c11-7-5-9(13)8(12)4-6(7)2-1-3-10(14)15/h4-5H,3,13H2,(H2,14,15). The van der Waals surface area contributed by atoms with Crippen LogP contribution in [0.25, 0.3) is 0 Å². The third kappa shape index (κ3) is 3.15. The Morgan fingerprint density at radius 2 is 2.20 bits per heavy atom. The number of rotatable bonds is 1. The maximum Gasteiger partial charge on any atom is 0.229 e. The van der Waals surface area contributed by atoms with Gasteiger partial charge in [0.2, 0.25) is 5.91 Å². The predicted octanol–water partition coefficient (Wildman–Crippen LogP) is 1.29. The third-order valence-electron chi connectivity index (χ3n) is 1.57. The molecule has 0 radical (unpaired) electrons. The Morgan fingerprint density at radius 1 is 1.53 bits per heavy atom. The van der Waals surface area contributed by atoms with Crippen molar-refractivity contribution < 1.29 is 9.18 Å². The van der Waals surface area contributed by atoms with E-state index in [-0.39, 0.29) is 22.7 Å². The van der Waals surface area contributed by atoms with Crippen LogP contribution in [0.2, 0.25) is 5.02 Å². The van der Waals surface area contributed by atoms with E-state index in [1.54, 1.807) is 0 Å². The second-order valence-electron chi connectivity index (χ2n) is 2.80. The molecule has 0 bridgehead atoms. The van der Waals surface area contributed by atoms with E-state index < -0.39 is 11.7 Å². The number of hydrogen-bond donors (Lipinski definition) is 2. The van der Waals surface area contributed by atoms with Crippen molar-refractivity contribution in [1.29, 1.82) is 0 Å². The van der Waals surface area contributed by atoms with Crippen LogP contribution in [-0.4, -0.2) is 5.91 Å². The molecule has 0 fully saturated rings. The Hall–Kier alpha value is -1.73. The summed E-state index contributed by atoms with van der Waals surface area (Å²) in [4.78, 5) is 10.4. The molecule has 0 saturated heterocycles.